The fourth-order valence-corrected chi connectivity index (χ4v) is 5.15. The monoisotopic (exact) mass is 467 g/mol. The van der Waals surface area contributed by atoms with Gasteiger partial charge in [0.25, 0.3) is 5.91 Å². The number of imidazole rings is 1. The van der Waals surface area contributed by atoms with Crippen LogP contribution in [0.15, 0.2) is 31.0 Å². The van der Waals surface area contributed by atoms with Crippen molar-refractivity contribution in [2.24, 2.45) is 13.0 Å². The molecule has 0 aromatic carbocycles. The average molecular weight is 468 g/mol. The molecule has 3 aromatic heterocycles. The molecule has 1 aliphatic carbocycles. The number of fused-ring (bicyclic) bond motifs is 1. The number of amides is 1. The molecule has 2 aliphatic rings. The Balaban J connectivity index is 1.30. The quantitative estimate of drug-likeness (QED) is 0.621. The first-order valence-electron chi connectivity index (χ1n) is 11.5. The molecule has 1 amide bonds. The van der Waals surface area contributed by atoms with Gasteiger partial charge in [0.1, 0.15) is 23.2 Å². The van der Waals surface area contributed by atoms with Crippen molar-refractivity contribution in [1.82, 2.24) is 29.8 Å². The van der Waals surface area contributed by atoms with E-state index in [9.17, 15) is 13.6 Å². The first-order valence-corrected chi connectivity index (χ1v) is 11.5. The molecule has 3 aromatic rings. The molecule has 0 saturated heterocycles. The third-order valence-electron chi connectivity index (χ3n) is 6.85. The highest BCUT2D eigenvalue weighted by Crippen LogP contribution is 2.37. The van der Waals surface area contributed by atoms with E-state index in [0.29, 0.717) is 36.0 Å². The van der Waals surface area contributed by atoms with Crippen LogP contribution in [0, 0.1) is 17.6 Å². The Bertz CT molecular complexity index is 1210. The van der Waals surface area contributed by atoms with Gasteiger partial charge in [-0.1, -0.05) is 6.42 Å². The van der Waals surface area contributed by atoms with Gasteiger partial charge >= 0.3 is 0 Å². The molecule has 4 heterocycles. The third kappa shape index (κ3) is 4.36. The number of nitrogens with zero attached hydrogens (tertiary/aromatic N) is 6. The van der Waals surface area contributed by atoms with E-state index in [0.717, 1.165) is 31.2 Å². The third-order valence-corrected chi connectivity index (χ3v) is 6.85. The van der Waals surface area contributed by atoms with Crippen molar-refractivity contribution in [1.29, 1.82) is 0 Å². The summed E-state index contributed by atoms with van der Waals surface area (Å²) in [6.07, 6.45) is 9.57. The minimum Gasteiger partial charge on any atom is -0.358 e. The van der Waals surface area contributed by atoms with Crippen molar-refractivity contribution in [2.75, 3.05) is 18.5 Å². The highest BCUT2D eigenvalue weighted by molar-refractivity contribution is 5.92. The number of carbonyl (C=O) groups is 1. The molecular weight excluding hydrogens is 440 g/mol. The fraction of sp³-hybridized carbons (Fsp3) is 0.458. The van der Waals surface area contributed by atoms with Gasteiger partial charge in [0.15, 0.2) is 5.82 Å². The summed E-state index contributed by atoms with van der Waals surface area (Å²) in [5, 5.41) is 3.10. The Morgan fingerprint density at radius 2 is 2.03 bits per heavy atom. The maximum absolute atomic E-state index is 14.7. The van der Waals surface area contributed by atoms with Crippen LogP contribution >= 0.6 is 0 Å². The van der Waals surface area contributed by atoms with Crippen molar-refractivity contribution in [2.45, 2.75) is 44.1 Å². The van der Waals surface area contributed by atoms with Crippen LogP contribution in [0.4, 0.5) is 14.6 Å². The molecule has 0 bridgehead atoms. The second-order valence-corrected chi connectivity index (χ2v) is 9.32. The van der Waals surface area contributed by atoms with Crippen molar-refractivity contribution < 1.29 is 13.6 Å². The molecule has 178 valence electrons. The van der Waals surface area contributed by atoms with Crippen LogP contribution in [0.5, 0.6) is 0 Å². The van der Waals surface area contributed by atoms with E-state index in [1.807, 2.05) is 11.9 Å². The standard InChI is InChI=1S/C24H27F2N7O/c1-32-12-18(17-8-15(25)9-29-23(17)32)22-28-10-19(26)20(31-22)7-14-4-3-5-16(6-14)30-24(34)21-11-27-13-33(21)2/h8-11,13-14,16,18H,3-7,12H2,1-2H3,(H,30,34)/t14?,16-,18?/m1/s1. The van der Waals surface area contributed by atoms with Crippen molar-refractivity contribution >= 4 is 11.7 Å². The number of pyridine rings is 1. The van der Waals surface area contributed by atoms with Crippen LogP contribution in [-0.4, -0.2) is 50.0 Å². The topological polar surface area (TPSA) is 88.8 Å². The van der Waals surface area contributed by atoms with Crippen molar-refractivity contribution in [3.05, 3.63) is 65.4 Å². The number of aryl methyl sites for hydroxylation is 1. The van der Waals surface area contributed by atoms with Crippen LogP contribution in [0.25, 0.3) is 0 Å². The average Bonchev–Trinajstić information content (AvgIpc) is 3.38. The van der Waals surface area contributed by atoms with E-state index in [4.69, 9.17) is 0 Å². The molecule has 0 spiro atoms. The summed E-state index contributed by atoms with van der Waals surface area (Å²) < 4.78 is 30.2. The second-order valence-electron chi connectivity index (χ2n) is 9.32. The predicted molar refractivity (Wildman–Crippen MR) is 121 cm³/mol. The number of anilines is 1. The molecule has 0 radical (unpaired) electrons. The molecular formula is C24H27F2N7O. The Hall–Kier alpha value is -3.43. The van der Waals surface area contributed by atoms with Gasteiger partial charge in [-0.3, -0.25) is 4.79 Å². The molecule has 3 atom stereocenters. The van der Waals surface area contributed by atoms with Crippen LogP contribution in [0.2, 0.25) is 0 Å². The van der Waals surface area contributed by atoms with Gasteiger partial charge in [-0.15, -0.1) is 0 Å². The Morgan fingerprint density at radius 1 is 1.18 bits per heavy atom. The summed E-state index contributed by atoms with van der Waals surface area (Å²) in [5.41, 5.74) is 1.60. The normalized spacial score (nSPS) is 22.0. The number of rotatable bonds is 5. The summed E-state index contributed by atoms with van der Waals surface area (Å²) in [6.45, 7) is 0.558. The first kappa shape index (κ1) is 22.4. The highest BCUT2D eigenvalue weighted by atomic mass is 19.1. The van der Waals surface area contributed by atoms with Crippen LogP contribution < -0.4 is 10.2 Å². The molecule has 8 nitrogen and oxygen atoms in total. The van der Waals surface area contributed by atoms with Gasteiger partial charge in [0.05, 0.1) is 36.5 Å². The molecule has 10 heteroatoms. The van der Waals surface area contributed by atoms with E-state index in [-0.39, 0.29) is 23.8 Å². The second kappa shape index (κ2) is 9.08. The number of likely N-dealkylation sites (N-methyl/N-ethyl adjacent to an activating group) is 1. The minimum absolute atomic E-state index is 0.0231. The zero-order valence-corrected chi connectivity index (χ0v) is 19.2. The highest BCUT2D eigenvalue weighted by Gasteiger charge is 2.32. The lowest BCUT2D eigenvalue weighted by Gasteiger charge is -2.29. The van der Waals surface area contributed by atoms with Crippen molar-refractivity contribution in [3.8, 4) is 0 Å². The zero-order chi connectivity index (χ0) is 23.8. The van der Waals surface area contributed by atoms with Gasteiger partial charge in [0, 0.05) is 32.2 Å². The molecule has 1 fully saturated rings. The Morgan fingerprint density at radius 3 is 2.82 bits per heavy atom. The van der Waals surface area contributed by atoms with Crippen LogP contribution in [-0.2, 0) is 13.5 Å². The lowest BCUT2D eigenvalue weighted by molar-refractivity contribution is 0.0911. The van der Waals surface area contributed by atoms with E-state index < -0.39 is 11.6 Å². The minimum atomic E-state index is -0.436. The number of hydrogen-bond donors (Lipinski definition) is 1. The first-order chi connectivity index (χ1) is 16.4. The molecule has 1 saturated carbocycles. The number of carbonyl (C=O) groups excluding carboxylic acids is 1. The van der Waals surface area contributed by atoms with E-state index in [1.165, 1.54) is 18.5 Å². The molecule has 1 N–H and O–H groups in total. The number of halogens is 2. The molecule has 34 heavy (non-hydrogen) atoms. The van der Waals surface area contributed by atoms with Gasteiger partial charge in [-0.2, -0.15) is 0 Å². The lowest BCUT2D eigenvalue weighted by atomic mass is 9.83. The predicted octanol–water partition coefficient (Wildman–Crippen LogP) is 3.00. The Kier molecular flexibility index (Phi) is 5.97. The van der Waals surface area contributed by atoms with E-state index in [2.05, 4.69) is 25.3 Å². The smallest absolute Gasteiger partial charge is 0.269 e. The zero-order valence-electron chi connectivity index (χ0n) is 19.2. The van der Waals surface area contributed by atoms with Gasteiger partial charge in [-0.05, 0) is 37.7 Å². The lowest BCUT2D eigenvalue weighted by Crippen LogP contribution is -2.39. The molecule has 1 aliphatic heterocycles. The van der Waals surface area contributed by atoms with Crippen LogP contribution in [0.1, 0.15) is 59.2 Å². The summed E-state index contributed by atoms with van der Waals surface area (Å²) >= 11 is 0. The number of aromatic nitrogens is 5. The van der Waals surface area contributed by atoms with E-state index in [1.54, 1.807) is 24.1 Å². The largest absolute Gasteiger partial charge is 0.358 e. The summed E-state index contributed by atoms with van der Waals surface area (Å²) in [4.78, 5) is 31.5. The van der Waals surface area contributed by atoms with Crippen molar-refractivity contribution in [3.63, 3.8) is 0 Å². The Labute approximate surface area is 196 Å². The van der Waals surface area contributed by atoms with E-state index >= 15 is 0 Å². The molecule has 2 unspecified atom stereocenters. The molecule has 5 rings (SSSR count). The maximum Gasteiger partial charge on any atom is 0.269 e. The summed E-state index contributed by atoms with van der Waals surface area (Å²) in [6, 6.07) is 1.48. The number of hydrogen-bond acceptors (Lipinski definition) is 6. The number of nitrogens with one attached hydrogen (secondary N) is 1. The fourth-order valence-electron chi connectivity index (χ4n) is 5.15. The maximum atomic E-state index is 14.7. The SMILES string of the molecule is CN1CC(c2ncc(F)c(CC3CCC[C@@H](NC(=O)c4cncn4C)C3)n2)c2cc(F)cnc21. The van der Waals surface area contributed by atoms with Gasteiger partial charge in [0.2, 0.25) is 0 Å². The van der Waals surface area contributed by atoms with Gasteiger partial charge in [-0.25, -0.2) is 28.7 Å². The van der Waals surface area contributed by atoms with Gasteiger partial charge < -0.3 is 14.8 Å². The van der Waals surface area contributed by atoms with Crippen LogP contribution in [0.3, 0.4) is 0 Å². The summed E-state index contributed by atoms with van der Waals surface area (Å²) in [5.74, 6) is 0.106. The summed E-state index contributed by atoms with van der Waals surface area (Å²) in [7, 11) is 3.67.